The van der Waals surface area contributed by atoms with Gasteiger partial charge in [0.15, 0.2) is 0 Å². The van der Waals surface area contributed by atoms with Gasteiger partial charge in [0.25, 0.3) is 0 Å². The number of rotatable bonds is 1. The summed E-state index contributed by atoms with van der Waals surface area (Å²) in [7, 11) is 1.72. The molecular weight excluding hydrogens is 202 g/mol. The summed E-state index contributed by atoms with van der Waals surface area (Å²) in [5.74, 6) is 1.97. The van der Waals surface area contributed by atoms with E-state index in [1.807, 2.05) is 12.1 Å². The summed E-state index contributed by atoms with van der Waals surface area (Å²) in [6.45, 7) is 2.04. The summed E-state index contributed by atoms with van der Waals surface area (Å²) in [6.07, 6.45) is 3.26. The predicted octanol–water partition coefficient (Wildman–Crippen LogP) is 1.75. The molecule has 0 aliphatic carbocycles. The standard InChI is InChI=1S/C13H17NO2/c1-15-11-3-2-4-12-10(11)5-6-13(16-12)7-8-14-9-13/h2-4,14H,5-9H2,1H3. The van der Waals surface area contributed by atoms with Crippen LogP contribution in [0.2, 0.25) is 0 Å². The van der Waals surface area contributed by atoms with E-state index in [2.05, 4.69) is 11.4 Å². The van der Waals surface area contributed by atoms with E-state index >= 15 is 0 Å². The van der Waals surface area contributed by atoms with Gasteiger partial charge in [0.1, 0.15) is 17.1 Å². The molecule has 3 rings (SSSR count). The lowest BCUT2D eigenvalue weighted by molar-refractivity contribution is 0.0655. The number of hydrogen-bond acceptors (Lipinski definition) is 3. The van der Waals surface area contributed by atoms with E-state index in [1.165, 1.54) is 5.56 Å². The highest BCUT2D eigenvalue weighted by Gasteiger charge is 2.39. The van der Waals surface area contributed by atoms with Gasteiger partial charge in [-0.05, 0) is 31.5 Å². The summed E-state index contributed by atoms with van der Waals surface area (Å²) >= 11 is 0. The second-order valence-electron chi connectivity index (χ2n) is 4.65. The Labute approximate surface area is 95.8 Å². The van der Waals surface area contributed by atoms with Gasteiger partial charge in [-0.25, -0.2) is 0 Å². The van der Waals surface area contributed by atoms with Crippen molar-refractivity contribution in [1.82, 2.24) is 5.32 Å². The summed E-state index contributed by atoms with van der Waals surface area (Å²) in [5, 5.41) is 3.39. The lowest BCUT2D eigenvalue weighted by Gasteiger charge is -2.35. The van der Waals surface area contributed by atoms with Gasteiger partial charge >= 0.3 is 0 Å². The van der Waals surface area contributed by atoms with Gasteiger partial charge in [0.05, 0.1) is 7.11 Å². The molecule has 1 N–H and O–H groups in total. The Hall–Kier alpha value is -1.22. The molecule has 16 heavy (non-hydrogen) atoms. The van der Waals surface area contributed by atoms with Crippen LogP contribution in [0.4, 0.5) is 0 Å². The van der Waals surface area contributed by atoms with Gasteiger partial charge in [-0.3, -0.25) is 0 Å². The molecule has 1 atom stereocenters. The minimum atomic E-state index is 0.0410. The average molecular weight is 219 g/mol. The largest absolute Gasteiger partial charge is 0.496 e. The fourth-order valence-electron chi connectivity index (χ4n) is 2.74. The Morgan fingerprint density at radius 2 is 2.31 bits per heavy atom. The molecule has 1 aromatic carbocycles. The third-order valence-electron chi connectivity index (χ3n) is 3.67. The summed E-state index contributed by atoms with van der Waals surface area (Å²) < 4.78 is 11.5. The molecule has 1 fully saturated rings. The van der Waals surface area contributed by atoms with Crippen LogP contribution in [0, 0.1) is 0 Å². The number of fused-ring (bicyclic) bond motifs is 1. The van der Waals surface area contributed by atoms with Crippen LogP contribution in [-0.2, 0) is 6.42 Å². The third kappa shape index (κ3) is 1.47. The van der Waals surface area contributed by atoms with Crippen LogP contribution >= 0.6 is 0 Å². The minimum absolute atomic E-state index is 0.0410. The maximum atomic E-state index is 6.18. The van der Waals surface area contributed by atoms with Gasteiger partial charge in [0, 0.05) is 18.5 Å². The molecule has 0 saturated carbocycles. The number of hydrogen-bond donors (Lipinski definition) is 1. The molecule has 0 amide bonds. The van der Waals surface area contributed by atoms with Crippen LogP contribution in [0.5, 0.6) is 11.5 Å². The van der Waals surface area contributed by atoms with Crippen molar-refractivity contribution in [3.05, 3.63) is 23.8 Å². The lowest BCUT2D eigenvalue weighted by atomic mass is 9.90. The zero-order valence-electron chi connectivity index (χ0n) is 9.58. The molecule has 2 aliphatic heterocycles. The molecule has 1 unspecified atom stereocenters. The van der Waals surface area contributed by atoms with Gasteiger partial charge in [0.2, 0.25) is 0 Å². The van der Waals surface area contributed by atoms with Crippen molar-refractivity contribution >= 4 is 0 Å². The molecule has 1 saturated heterocycles. The third-order valence-corrected chi connectivity index (χ3v) is 3.67. The first-order valence-corrected chi connectivity index (χ1v) is 5.89. The predicted molar refractivity (Wildman–Crippen MR) is 62.2 cm³/mol. The summed E-state index contributed by atoms with van der Waals surface area (Å²) in [6, 6.07) is 6.06. The minimum Gasteiger partial charge on any atom is -0.496 e. The maximum absolute atomic E-state index is 6.18. The van der Waals surface area contributed by atoms with Crippen LogP contribution in [0.25, 0.3) is 0 Å². The second kappa shape index (κ2) is 3.67. The maximum Gasteiger partial charge on any atom is 0.127 e. The smallest absolute Gasteiger partial charge is 0.127 e. The highest BCUT2D eigenvalue weighted by Crippen LogP contribution is 2.40. The topological polar surface area (TPSA) is 30.5 Å². The average Bonchev–Trinajstić information content (AvgIpc) is 2.76. The first-order valence-electron chi connectivity index (χ1n) is 5.89. The lowest BCUT2D eigenvalue weighted by Crippen LogP contribution is -2.41. The Morgan fingerprint density at radius 1 is 1.38 bits per heavy atom. The van der Waals surface area contributed by atoms with E-state index in [0.29, 0.717) is 0 Å². The van der Waals surface area contributed by atoms with E-state index in [9.17, 15) is 0 Å². The molecule has 0 radical (unpaired) electrons. The number of methoxy groups -OCH3 is 1. The normalized spacial score (nSPS) is 27.6. The molecule has 2 heterocycles. The molecule has 1 aromatic rings. The van der Waals surface area contributed by atoms with Crippen molar-refractivity contribution in [2.45, 2.75) is 24.9 Å². The number of nitrogens with one attached hydrogen (secondary N) is 1. The van der Waals surface area contributed by atoms with Crippen molar-refractivity contribution in [2.75, 3.05) is 20.2 Å². The monoisotopic (exact) mass is 219 g/mol. The van der Waals surface area contributed by atoms with Crippen LogP contribution in [0.1, 0.15) is 18.4 Å². The van der Waals surface area contributed by atoms with Gasteiger partial charge < -0.3 is 14.8 Å². The Morgan fingerprint density at radius 3 is 3.06 bits per heavy atom. The first-order chi connectivity index (χ1) is 7.83. The molecule has 1 spiro atoms. The molecular formula is C13H17NO2. The Kier molecular flexibility index (Phi) is 2.28. The number of ether oxygens (including phenoxy) is 2. The second-order valence-corrected chi connectivity index (χ2v) is 4.65. The molecule has 0 aromatic heterocycles. The molecule has 3 nitrogen and oxygen atoms in total. The van der Waals surface area contributed by atoms with Crippen LogP contribution in [-0.4, -0.2) is 25.8 Å². The van der Waals surface area contributed by atoms with E-state index in [4.69, 9.17) is 9.47 Å². The quantitative estimate of drug-likeness (QED) is 0.780. The Balaban J connectivity index is 1.94. The van der Waals surface area contributed by atoms with Gasteiger partial charge in [-0.1, -0.05) is 6.07 Å². The molecule has 3 heteroatoms. The zero-order valence-corrected chi connectivity index (χ0v) is 9.58. The van der Waals surface area contributed by atoms with Crippen molar-refractivity contribution in [2.24, 2.45) is 0 Å². The Bertz CT molecular complexity index is 397. The highest BCUT2D eigenvalue weighted by molar-refractivity contribution is 5.46. The highest BCUT2D eigenvalue weighted by atomic mass is 16.5. The van der Waals surface area contributed by atoms with Crippen LogP contribution < -0.4 is 14.8 Å². The van der Waals surface area contributed by atoms with Crippen LogP contribution in [0.15, 0.2) is 18.2 Å². The van der Waals surface area contributed by atoms with Crippen molar-refractivity contribution in [3.8, 4) is 11.5 Å². The van der Waals surface area contributed by atoms with E-state index < -0.39 is 0 Å². The van der Waals surface area contributed by atoms with E-state index in [1.54, 1.807) is 7.11 Å². The van der Waals surface area contributed by atoms with Crippen molar-refractivity contribution in [3.63, 3.8) is 0 Å². The van der Waals surface area contributed by atoms with Gasteiger partial charge in [-0.15, -0.1) is 0 Å². The zero-order chi connectivity index (χ0) is 11.0. The first kappa shape index (κ1) is 9.97. The SMILES string of the molecule is COc1cccc2c1CCC1(CCNC1)O2. The van der Waals surface area contributed by atoms with Crippen molar-refractivity contribution in [1.29, 1.82) is 0 Å². The fourth-order valence-corrected chi connectivity index (χ4v) is 2.74. The van der Waals surface area contributed by atoms with E-state index in [0.717, 1.165) is 43.9 Å². The molecule has 2 aliphatic rings. The summed E-state index contributed by atoms with van der Waals surface area (Å²) in [5.41, 5.74) is 1.27. The fraction of sp³-hybridized carbons (Fsp3) is 0.538. The molecule has 86 valence electrons. The van der Waals surface area contributed by atoms with Gasteiger partial charge in [-0.2, -0.15) is 0 Å². The van der Waals surface area contributed by atoms with Crippen molar-refractivity contribution < 1.29 is 9.47 Å². The van der Waals surface area contributed by atoms with E-state index in [-0.39, 0.29) is 5.60 Å². The molecule has 0 bridgehead atoms. The summed E-state index contributed by atoms with van der Waals surface area (Å²) in [4.78, 5) is 0. The number of benzene rings is 1. The van der Waals surface area contributed by atoms with Crippen LogP contribution in [0.3, 0.4) is 0 Å².